The van der Waals surface area contributed by atoms with Crippen LogP contribution in [0, 0.1) is 0 Å². The summed E-state index contributed by atoms with van der Waals surface area (Å²) >= 11 is 0. The Labute approximate surface area is 144 Å². The molecular weight excluding hydrogens is 306 g/mol. The summed E-state index contributed by atoms with van der Waals surface area (Å²) in [6, 6.07) is 4.39. The normalized spacial score (nSPS) is 24.3. The van der Waals surface area contributed by atoms with Gasteiger partial charge in [-0.05, 0) is 32.0 Å². The third-order valence-corrected chi connectivity index (χ3v) is 4.97. The van der Waals surface area contributed by atoms with Crippen molar-refractivity contribution in [1.82, 2.24) is 20.0 Å². The molecule has 2 atom stereocenters. The van der Waals surface area contributed by atoms with E-state index in [1.165, 1.54) is 0 Å². The molecule has 2 fully saturated rings. The zero-order valence-electron chi connectivity index (χ0n) is 14.5. The van der Waals surface area contributed by atoms with Crippen LogP contribution in [-0.4, -0.2) is 96.8 Å². The fourth-order valence-corrected chi connectivity index (χ4v) is 3.61. The third-order valence-electron chi connectivity index (χ3n) is 4.97. The average molecular weight is 335 g/mol. The molecule has 0 aromatic carbocycles. The molecule has 0 bridgehead atoms. The summed E-state index contributed by atoms with van der Waals surface area (Å²) in [4.78, 5) is 6.88. The van der Waals surface area contributed by atoms with Gasteiger partial charge in [-0.3, -0.25) is 9.80 Å². The van der Waals surface area contributed by atoms with Gasteiger partial charge in [0, 0.05) is 51.5 Å². The molecule has 7 nitrogen and oxygen atoms in total. The SMILES string of the molecule is CN(C[C@H](O)CN1CCOCC1)[C@H]1CCCN(c2cccnn2)C1. The van der Waals surface area contributed by atoms with E-state index in [0.29, 0.717) is 12.6 Å². The minimum absolute atomic E-state index is 0.319. The minimum Gasteiger partial charge on any atom is -0.390 e. The molecule has 2 saturated heterocycles. The highest BCUT2D eigenvalue weighted by atomic mass is 16.5. The van der Waals surface area contributed by atoms with E-state index >= 15 is 0 Å². The Morgan fingerprint density at radius 2 is 2.21 bits per heavy atom. The number of likely N-dealkylation sites (N-methyl/N-ethyl adjacent to an activating group) is 1. The Kier molecular flexibility index (Phi) is 6.37. The molecule has 2 aliphatic rings. The van der Waals surface area contributed by atoms with Crippen molar-refractivity contribution in [2.45, 2.75) is 25.0 Å². The number of hydrogen-bond acceptors (Lipinski definition) is 7. The van der Waals surface area contributed by atoms with Crippen LogP contribution in [0.25, 0.3) is 0 Å². The Balaban J connectivity index is 1.47. The zero-order valence-corrected chi connectivity index (χ0v) is 14.5. The molecule has 0 unspecified atom stereocenters. The predicted molar refractivity (Wildman–Crippen MR) is 93.2 cm³/mol. The molecule has 1 aromatic rings. The molecule has 24 heavy (non-hydrogen) atoms. The van der Waals surface area contributed by atoms with Gasteiger partial charge in [-0.2, -0.15) is 5.10 Å². The van der Waals surface area contributed by atoms with E-state index in [-0.39, 0.29) is 6.10 Å². The summed E-state index contributed by atoms with van der Waals surface area (Å²) in [6.07, 6.45) is 3.70. The molecule has 1 N–H and O–H groups in total. The monoisotopic (exact) mass is 335 g/mol. The molecule has 1 aromatic heterocycles. The van der Waals surface area contributed by atoms with E-state index in [0.717, 1.165) is 64.6 Å². The lowest BCUT2D eigenvalue weighted by Gasteiger charge is -2.39. The lowest BCUT2D eigenvalue weighted by molar-refractivity contribution is 0.00529. The highest BCUT2D eigenvalue weighted by Gasteiger charge is 2.26. The number of aliphatic hydroxyl groups is 1. The highest BCUT2D eigenvalue weighted by molar-refractivity contribution is 5.37. The molecule has 0 saturated carbocycles. The number of piperidine rings is 1. The van der Waals surface area contributed by atoms with Gasteiger partial charge in [-0.15, -0.1) is 5.10 Å². The van der Waals surface area contributed by atoms with E-state index in [4.69, 9.17) is 4.74 Å². The molecule has 134 valence electrons. The number of hydrogen-bond donors (Lipinski definition) is 1. The molecule has 3 heterocycles. The topological polar surface area (TPSA) is 65.0 Å². The number of anilines is 1. The summed E-state index contributed by atoms with van der Waals surface area (Å²) in [5.74, 6) is 0.949. The van der Waals surface area contributed by atoms with Crippen LogP contribution < -0.4 is 4.90 Å². The Hall–Kier alpha value is -1.28. The maximum Gasteiger partial charge on any atom is 0.151 e. The number of ether oxygens (including phenoxy) is 1. The molecule has 0 radical (unpaired) electrons. The van der Waals surface area contributed by atoms with Gasteiger partial charge >= 0.3 is 0 Å². The largest absolute Gasteiger partial charge is 0.390 e. The van der Waals surface area contributed by atoms with E-state index in [1.54, 1.807) is 6.20 Å². The van der Waals surface area contributed by atoms with E-state index in [1.807, 2.05) is 12.1 Å². The zero-order chi connectivity index (χ0) is 16.8. The highest BCUT2D eigenvalue weighted by Crippen LogP contribution is 2.19. The summed E-state index contributed by atoms with van der Waals surface area (Å²) in [6.45, 7) is 6.80. The first-order valence-electron chi connectivity index (χ1n) is 8.93. The smallest absolute Gasteiger partial charge is 0.151 e. The molecule has 3 rings (SSSR count). The van der Waals surface area contributed by atoms with Crippen LogP contribution in [-0.2, 0) is 4.74 Å². The van der Waals surface area contributed by atoms with Gasteiger partial charge in [0.25, 0.3) is 0 Å². The van der Waals surface area contributed by atoms with Gasteiger partial charge in [-0.25, -0.2) is 0 Å². The number of morpholine rings is 1. The summed E-state index contributed by atoms with van der Waals surface area (Å²) < 4.78 is 5.36. The van der Waals surface area contributed by atoms with E-state index < -0.39 is 0 Å². The van der Waals surface area contributed by atoms with Crippen LogP contribution in [0.1, 0.15) is 12.8 Å². The Morgan fingerprint density at radius 3 is 2.96 bits per heavy atom. The van der Waals surface area contributed by atoms with Crippen molar-refractivity contribution in [3.8, 4) is 0 Å². The van der Waals surface area contributed by atoms with Crippen molar-refractivity contribution >= 4 is 5.82 Å². The number of aliphatic hydroxyl groups excluding tert-OH is 1. The maximum absolute atomic E-state index is 10.4. The quantitative estimate of drug-likeness (QED) is 0.789. The predicted octanol–water partition coefficient (Wildman–Crippen LogP) is 0.0703. The Bertz CT molecular complexity index is 483. The average Bonchev–Trinajstić information content (AvgIpc) is 2.63. The molecule has 7 heteroatoms. The molecule has 0 spiro atoms. The first-order chi connectivity index (χ1) is 11.7. The van der Waals surface area contributed by atoms with Gasteiger partial charge in [0.05, 0.1) is 19.3 Å². The van der Waals surface area contributed by atoms with Crippen molar-refractivity contribution in [2.24, 2.45) is 0 Å². The van der Waals surface area contributed by atoms with Gasteiger partial charge in [-0.1, -0.05) is 0 Å². The lowest BCUT2D eigenvalue weighted by Crippen LogP contribution is -2.50. The van der Waals surface area contributed by atoms with E-state index in [2.05, 4.69) is 31.9 Å². The fourth-order valence-electron chi connectivity index (χ4n) is 3.61. The van der Waals surface area contributed by atoms with Crippen molar-refractivity contribution in [3.63, 3.8) is 0 Å². The summed E-state index contributed by atoms with van der Waals surface area (Å²) in [5.41, 5.74) is 0. The van der Waals surface area contributed by atoms with Gasteiger partial charge in [0.2, 0.25) is 0 Å². The number of rotatable bonds is 6. The Morgan fingerprint density at radius 1 is 1.38 bits per heavy atom. The van der Waals surface area contributed by atoms with Crippen LogP contribution in [0.4, 0.5) is 5.82 Å². The van der Waals surface area contributed by atoms with Crippen molar-refractivity contribution in [1.29, 1.82) is 0 Å². The van der Waals surface area contributed by atoms with Crippen molar-refractivity contribution < 1.29 is 9.84 Å². The van der Waals surface area contributed by atoms with Crippen LogP contribution in [0.15, 0.2) is 18.3 Å². The fraction of sp³-hybridized carbons (Fsp3) is 0.765. The lowest BCUT2D eigenvalue weighted by atomic mass is 10.0. The second kappa shape index (κ2) is 8.71. The maximum atomic E-state index is 10.4. The molecule has 0 aliphatic carbocycles. The van der Waals surface area contributed by atoms with Crippen molar-refractivity contribution in [2.75, 3.05) is 64.4 Å². The standard InChI is InChI=1S/C17H29N5O2/c1-20(13-16(23)14-21-8-10-24-11-9-21)15-4-3-7-22(12-15)17-5-2-6-18-19-17/h2,5-6,15-16,23H,3-4,7-14H2,1H3/t15-,16-/m0/s1. The van der Waals surface area contributed by atoms with Crippen LogP contribution in [0.2, 0.25) is 0 Å². The molecule has 2 aliphatic heterocycles. The number of aromatic nitrogens is 2. The minimum atomic E-state index is -0.319. The van der Waals surface area contributed by atoms with Gasteiger partial charge < -0.3 is 14.7 Å². The second-order valence-corrected chi connectivity index (χ2v) is 6.83. The first-order valence-corrected chi connectivity index (χ1v) is 8.93. The van der Waals surface area contributed by atoms with Crippen LogP contribution in [0.5, 0.6) is 0 Å². The summed E-state index contributed by atoms with van der Waals surface area (Å²) in [5, 5.41) is 18.6. The first kappa shape index (κ1) is 17.5. The van der Waals surface area contributed by atoms with Crippen molar-refractivity contribution in [3.05, 3.63) is 18.3 Å². The van der Waals surface area contributed by atoms with Gasteiger partial charge in [0.15, 0.2) is 5.82 Å². The molecule has 0 amide bonds. The second-order valence-electron chi connectivity index (χ2n) is 6.83. The van der Waals surface area contributed by atoms with Gasteiger partial charge in [0.1, 0.15) is 0 Å². The van der Waals surface area contributed by atoms with E-state index in [9.17, 15) is 5.11 Å². The van der Waals surface area contributed by atoms with Crippen LogP contribution >= 0.6 is 0 Å². The third kappa shape index (κ3) is 4.86. The number of β-amino-alcohol motifs (C(OH)–C–C–N with tert-alkyl or cyclic N) is 1. The number of nitrogens with zero attached hydrogens (tertiary/aromatic N) is 5. The molecular formula is C17H29N5O2. The summed E-state index contributed by atoms with van der Waals surface area (Å²) in [7, 11) is 2.12. The van der Waals surface area contributed by atoms with Crippen LogP contribution in [0.3, 0.4) is 0 Å².